The molecule has 0 nitrogen and oxygen atoms in total. The first kappa shape index (κ1) is 12.4. The van der Waals surface area contributed by atoms with Gasteiger partial charge in [0.2, 0.25) is 0 Å². The van der Waals surface area contributed by atoms with Gasteiger partial charge in [-0.25, -0.2) is 0 Å². The normalized spacial score (nSPS) is 10.5. The molecule has 0 aliphatic rings. The van der Waals surface area contributed by atoms with E-state index in [1.165, 1.54) is 0 Å². The van der Waals surface area contributed by atoms with E-state index < -0.39 is 0 Å². The molecule has 0 aliphatic carbocycles. The maximum atomic E-state index is 5.97. The van der Waals surface area contributed by atoms with Crippen LogP contribution < -0.4 is 0 Å². The molecule has 0 amide bonds. The Balaban J connectivity index is 3.60. The maximum absolute atomic E-state index is 5.97. The summed E-state index contributed by atoms with van der Waals surface area (Å²) in [6.07, 6.45) is 0. The predicted molar refractivity (Wildman–Crippen MR) is 79.6 cm³/mol. The minimum Gasteiger partial charge on any atom is -0.0819 e. The van der Waals surface area contributed by atoms with Crippen LogP contribution in [-0.2, 0) is 0 Å². The number of rotatable bonds is 0. The van der Waals surface area contributed by atoms with E-state index in [4.69, 9.17) is 34.8 Å². The van der Waals surface area contributed by atoms with Gasteiger partial charge in [0.15, 0.2) is 0 Å². The van der Waals surface area contributed by atoms with Crippen molar-refractivity contribution < 1.29 is 0 Å². The zero-order valence-electron chi connectivity index (χ0n) is 5.27. The van der Waals surface area contributed by atoms with Crippen molar-refractivity contribution in [3.8, 4) is 0 Å². The van der Waals surface area contributed by atoms with Crippen LogP contribution in [0.15, 0.2) is 0 Å². The van der Waals surface area contributed by atoms with Gasteiger partial charge in [0.1, 0.15) is 0 Å². The molecular weight excluding hydrogens is 559 g/mol. The van der Waals surface area contributed by atoms with E-state index in [1.54, 1.807) is 0 Å². The van der Waals surface area contributed by atoms with Gasteiger partial charge in [-0.1, -0.05) is 34.8 Å². The third-order valence-electron chi connectivity index (χ3n) is 1.16. The van der Waals surface area contributed by atoms with Gasteiger partial charge in [-0.15, -0.1) is 0 Å². The van der Waals surface area contributed by atoms with Gasteiger partial charge in [0.05, 0.1) is 25.8 Å². The second kappa shape index (κ2) is 4.87. The Morgan fingerprint density at radius 1 is 0.583 bits per heavy atom. The average Bonchev–Trinajstić information content (AvgIpc) is 2.08. The van der Waals surface area contributed by atoms with Crippen molar-refractivity contribution in [1.82, 2.24) is 0 Å². The van der Waals surface area contributed by atoms with Crippen molar-refractivity contribution >= 4 is 103 Å². The largest absolute Gasteiger partial charge is 0.0819 e. The highest BCUT2D eigenvalue weighted by Gasteiger charge is 2.15. The number of hydrogen-bond acceptors (Lipinski definition) is 0. The summed E-state index contributed by atoms with van der Waals surface area (Å²) in [5, 5.41) is 1.89. The topological polar surface area (TPSA) is 0 Å². The smallest absolute Gasteiger partial charge is 0.0703 e. The summed E-state index contributed by atoms with van der Waals surface area (Å²) in [6, 6.07) is 0. The first-order valence-corrected chi connectivity index (χ1v) is 7.00. The van der Waals surface area contributed by atoms with E-state index in [9.17, 15) is 0 Å². The molecule has 66 valence electrons. The highest BCUT2D eigenvalue weighted by molar-refractivity contribution is 14.1. The summed E-state index contributed by atoms with van der Waals surface area (Å²) in [4.78, 5) is 0. The minimum atomic E-state index is 0.631. The third kappa shape index (κ3) is 2.26. The molecule has 0 atom stereocenters. The van der Waals surface area contributed by atoms with Crippen LogP contribution in [0.25, 0.3) is 0 Å². The van der Waals surface area contributed by atoms with Crippen LogP contribution >= 0.6 is 103 Å². The van der Waals surface area contributed by atoms with Crippen LogP contribution in [-0.4, -0.2) is 0 Å². The van der Waals surface area contributed by atoms with Crippen molar-refractivity contribution in [1.29, 1.82) is 0 Å². The number of benzene rings is 1. The second-order valence-corrected chi connectivity index (χ2v) is 6.25. The molecule has 0 fully saturated rings. The van der Waals surface area contributed by atoms with Crippen LogP contribution in [0.3, 0.4) is 0 Å². The van der Waals surface area contributed by atoms with Gasteiger partial charge in [0.25, 0.3) is 0 Å². The summed E-state index contributed by atoms with van der Waals surface area (Å²) in [5.74, 6) is 0. The predicted octanol–water partition coefficient (Wildman–Crippen LogP) is 5.46. The second-order valence-electron chi connectivity index (χ2n) is 1.88. The zero-order chi connectivity index (χ0) is 9.46. The standard InChI is InChI=1S/C6Cl3I3/c7-1-4(10)2(8)6(12)3(9)5(1)11. The Bertz CT molecular complexity index is 232. The number of halogens is 6. The van der Waals surface area contributed by atoms with Crippen LogP contribution in [0.1, 0.15) is 0 Å². The van der Waals surface area contributed by atoms with E-state index in [-0.39, 0.29) is 0 Å². The monoisotopic (exact) mass is 558 g/mol. The molecule has 0 saturated heterocycles. The summed E-state index contributed by atoms with van der Waals surface area (Å²) >= 11 is 24.2. The molecule has 0 aromatic heterocycles. The Morgan fingerprint density at radius 3 is 0.917 bits per heavy atom. The fraction of sp³-hybridized carbons (Fsp3) is 0. The SMILES string of the molecule is Clc1c(I)c(Cl)c(I)c(Cl)c1I. The van der Waals surface area contributed by atoms with E-state index in [1.807, 2.05) is 0 Å². The van der Waals surface area contributed by atoms with E-state index in [2.05, 4.69) is 67.8 Å². The molecular formula is C6Cl3I3. The fourth-order valence-electron chi connectivity index (χ4n) is 0.578. The lowest BCUT2D eigenvalue weighted by atomic mass is 10.4. The van der Waals surface area contributed by atoms with Crippen LogP contribution in [0.2, 0.25) is 15.1 Å². The zero-order valence-corrected chi connectivity index (χ0v) is 14.0. The molecule has 0 unspecified atom stereocenters. The van der Waals surface area contributed by atoms with Gasteiger partial charge in [-0.2, -0.15) is 0 Å². The lowest BCUT2D eigenvalue weighted by Gasteiger charge is -2.07. The molecule has 0 heterocycles. The summed E-state index contributed by atoms with van der Waals surface area (Å²) < 4.78 is 2.57. The van der Waals surface area contributed by atoms with Crippen molar-refractivity contribution in [3.05, 3.63) is 25.8 Å². The van der Waals surface area contributed by atoms with Crippen molar-refractivity contribution in [2.45, 2.75) is 0 Å². The first-order chi connectivity index (χ1) is 5.46. The van der Waals surface area contributed by atoms with Gasteiger partial charge in [0, 0.05) is 0 Å². The molecule has 0 aliphatic heterocycles. The van der Waals surface area contributed by atoms with Gasteiger partial charge < -0.3 is 0 Å². The summed E-state index contributed by atoms with van der Waals surface area (Å²) in [6.45, 7) is 0. The fourth-order valence-corrected chi connectivity index (χ4v) is 4.46. The lowest BCUT2D eigenvalue weighted by molar-refractivity contribution is 1.54. The lowest BCUT2D eigenvalue weighted by Crippen LogP contribution is -1.89. The molecule has 1 rings (SSSR count). The van der Waals surface area contributed by atoms with Gasteiger partial charge >= 0.3 is 0 Å². The third-order valence-corrected chi connectivity index (χ3v) is 7.44. The van der Waals surface area contributed by atoms with Crippen LogP contribution in [0, 0.1) is 10.7 Å². The average molecular weight is 559 g/mol. The van der Waals surface area contributed by atoms with E-state index >= 15 is 0 Å². The highest BCUT2D eigenvalue weighted by atomic mass is 127. The van der Waals surface area contributed by atoms with Crippen molar-refractivity contribution in [2.24, 2.45) is 0 Å². The molecule has 6 heteroatoms. The van der Waals surface area contributed by atoms with Crippen LogP contribution in [0.5, 0.6) is 0 Å². The molecule has 0 bridgehead atoms. The van der Waals surface area contributed by atoms with E-state index in [0.717, 1.165) is 10.7 Å². The van der Waals surface area contributed by atoms with Crippen molar-refractivity contribution in [3.63, 3.8) is 0 Å². The van der Waals surface area contributed by atoms with Crippen molar-refractivity contribution in [2.75, 3.05) is 0 Å². The highest BCUT2D eigenvalue weighted by Crippen LogP contribution is 2.39. The molecule has 0 spiro atoms. The Hall–Kier alpha value is 2.28. The molecule has 12 heavy (non-hydrogen) atoms. The summed E-state index contributed by atoms with van der Waals surface area (Å²) in [5.41, 5.74) is 0. The molecule has 1 aromatic rings. The Labute approximate surface area is 126 Å². The summed E-state index contributed by atoms with van der Waals surface area (Å²) in [7, 11) is 0. The Kier molecular flexibility index (Phi) is 5.01. The van der Waals surface area contributed by atoms with Crippen LogP contribution in [0.4, 0.5) is 0 Å². The quantitative estimate of drug-likeness (QED) is 0.225. The van der Waals surface area contributed by atoms with E-state index in [0.29, 0.717) is 15.1 Å². The molecule has 0 radical (unpaired) electrons. The minimum absolute atomic E-state index is 0.631. The van der Waals surface area contributed by atoms with Gasteiger partial charge in [-0.05, 0) is 67.8 Å². The number of hydrogen-bond donors (Lipinski definition) is 0. The first-order valence-electron chi connectivity index (χ1n) is 2.63. The molecule has 0 saturated carbocycles. The molecule has 0 N–H and O–H groups in total. The Morgan fingerprint density at radius 2 is 0.750 bits per heavy atom. The molecule has 1 aromatic carbocycles. The van der Waals surface area contributed by atoms with Gasteiger partial charge in [-0.3, -0.25) is 0 Å². The maximum Gasteiger partial charge on any atom is 0.0703 e.